The lowest BCUT2D eigenvalue weighted by Crippen LogP contribution is -2.44. The van der Waals surface area contributed by atoms with Gasteiger partial charge in [-0.2, -0.15) is 0 Å². The summed E-state index contributed by atoms with van der Waals surface area (Å²) in [5.74, 6) is -0.183. The van der Waals surface area contributed by atoms with Gasteiger partial charge in [-0.25, -0.2) is 0 Å². The maximum atomic E-state index is 5.88. The van der Waals surface area contributed by atoms with E-state index < -0.39 is 0 Å². The Morgan fingerprint density at radius 1 is 1.00 bits per heavy atom. The Labute approximate surface area is 74.2 Å². The molecular weight excluding hydrogens is 152 g/mol. The van der Waals surface area contributed by atoms with Gasteiger partial charge in [-0.3, -0.25) is 0 Å². The van der Waals surface area contributed by atoms with E-state index in [4.69, 9.17) is 9.47 Å². The lowest BCUT2D eigenvalue weighted by molar-refractivity contribution is -0.307. The molecule has 2 nitrogen and oxygen atoms in total. The minimum atomic E-state index is -0.183. The molecule has 1 aliphatic carbocycles. The fraction of sp³-hybridized carbons (Fsp3) is 1.00. The predicted molar refractivity (Wildman–Crippen MR) is 46.9 cm³/mol. The molecule has 1 saturated carbocycles. The minimum Gasteiger partial charge on any atom is -0.347 e. The summed E-state index contributed by atoms with van der Waals surface area (Å²) < 4.78 is 11.8. The quantitative estimate of drug-likeness (QED) is 0.556. The highest BCUT2D eigenvalue weighted by Crippen LogP contribution is 2.40. The van der Waals surface area contributed by atoms with Crippen LogP contribution in [0, 0.1) is 0 Å². The molecule has 0 amide bonds. The second-order valence-electron chi connectivity index (χ2n) is 4.21. The predicted octanol–water partition coefficient (Wildman–Crippen LogP) is 2.47. The zero-order valence-electron chi connectivity index (χ0n) is 8.01. The van der Waals surface area contributed by atoms with E-state index in [9.17, 15) is 0 Å². The standard InChI is InChI=1S/C10H18O2/c1-8-7-9(2)12-10(11-8)5-3-4-6-10/h8-9H,3-7H2,1-2H3. The lowest BCUT2D eigenvalue weighted by Gasteiger charge is -2.40. The van der Waals surface area contributed by atoms with Crippen molar-refractivity contribution in [1.29, 1.82) is 0 Å². The molecule has 2 fully saturated rings. The van der Waals surface area contributed by atoms with Gasteiger partial charge in [0, 0.05) is 12.8 Å². The van der Waals surface area contributed by atoms with Crippen LogP contribution in [0.15, 0.2) is 0 Å². The van der Waals surface area contributed by atoms with Crippen LogP contribution in [0.1, 0.15) is 46.0 Å². The van der Waals surface area contributed by atoms with Crippen molar-refractivity contribution in [1.82, 2.24) is 0 Å². The van der Waals surface area contributed by atoms with Crippen molar-refractivity contribution >= 4 is 0 Å². The normalized spacial score (nSPS) is 40.5. The van der Waals surface area contributed by atoms with Crippen LogP contribution in [-0.2, 0) is 9.47 Å². The van der Waals surface area contributed by atoms with Crippen molar-refractivity contribution in [2.75, 3.05) is 0 Å². The molecule has 2 rings (SSSR count). The highest BCUT2D eigenvalue weighted by molar-refractivity contribution is 4.83. The van der Waals surface area contributed by atoms with Gasteiger partial charge in [0.25, 0.3) is 0 Å². The molecule has 70 valence electrons. The van der Waals surface area contributed by atoms with Gasteiger partial charge in [0.2, 0.25) is 0 Å². The Balaban J connectivity index is 2.04. The molecule has 1 spiro atoms. The van der Waals surface area contributed by atoms with Crippen LogP contribution in [0.5, 0.6) is 0 Å². The number of ether oxygens (including phenoxy) is 2. The molecule has 0 radical (unpaired) electrons. The van der Waals surface area contributed by atoms with Gasteiger partial charge in [0.1, 0.15) is 0 Å². The molecule has 1 heterocycles. The van der Waals surface area contributed by atoms with E-state index in [1.807, 2.05) is 0 Å². The molecule has 0 aromatic heterocycles. The second-order valence-corrected chi connectivity index (χ2v) is 4.21. The Bertz CT molecular complexity index is 149. The Hall–Kier alpha value is -0.0800. The van der Waals surface area contributed by atoms with E-state index in [0.717, 1.165) is 19.3 Å². The van der Waals surface area contributed by atoms with Crippen LogP contribution in [0.4, 0.5) is 0 Å². The Morgan fingerprint density at radius 2 is 1.50 bits per heavy atom. The molecule has 2 unspecified atom stereocenters. The SMILES string of the molecule is CC1CC(C)OC2(CCCC2)O1. The van der Waals surface area contributed by atoms with Gasteiger partial charge in [0.15, 0.2) is 5.79 Å². The molecule has 0 aromatic rings. The fourth-order valence-electron chi connectivity index (χ4n) is 2.47. The average molecular weight is 170 g/mol. The topological polar surface area (TPSA) is 18.5 Å². The van der Waals surface area contributed by atoms with Crippen molar-refractivity contribution < 1.29 is 9.47 Å². The molecular formula is C10H18O2. The summed E-state index contributed by atoms with van der Waals surface area (Å²) in [6.45, 7) is 4.30. The highest BCUT2D eigenvalue weighted by Gasteiger charge is 2.42. The van der Waals surface area contributed by atoms with Crippen LogP contribution in [0.3, 0.4) is 0 Å². The fourth-order valence-corrected chi connectivity index (χ4v) is 2.47. The van der Waals surface area contributed by atoms with Crippen molar-refractivity contribution in [2.45, 2.75) is 63.9 Å². The van der Waals surface area contributed by atoms with Gasteiger partial charge < -0.3 is 9.47 Å². The zero-order chi connectivity index (χ0) is 8.60. The highest BCUT2D eigenvalue weighted by atomic mass is 16.7. The summed E-state index contributed by atoms with van der Waals surface area (Å²) in [4.78, 5) is 0. The van der Waals surface area contributed by atoms with Gasteiger partial charge >= 0.3 is 0 Å². The van der Waals surface area contributed by atoms with Crippen LogP contribution in [0.25, 0.3) is 0 Å². The monoisotopic (exact) mass is 170 g/mol. The van der Waals surface area contributed by atoms with Crippen LogP contribution < -0.4 is 0 Å². The lowest BCUT2D eigenvalue weighted by atomic mass is 10.1. The maximum Gasteiger partial charge on any atom is 0.168 e. The van der Waals surface area contributed by atoms with Crippen LogP contribution in [-0.4, -0.2) is 18.0 Å². The van der Waals surface area contributed by atoms with E-state index in [1.54, 1.807) is 0 Å². The summed E-state index contributed by atoms with van der Waals surface area (Å²) in [5, 5.41) is 0. The second kappa shape index (κ2) is 3.00. The van der Waals surface area contributed by atoms with E-state index in [-0.39, 0.29) is 5.79 Å². The minimum absolute atomic E-state index is 0.183. The van der Waals surface area contributed by atoms with E-state index in [0.29, 0.717) is 12.2 Å². The smallest absolute Gasteiger partial charge is 0.168 e. The summed E-state index contributed by atoms with van der Waals surface area (Å²) in [7, 11) is 0. The molecule has 12 heavy (non-hydrogen) atoms. The third kappa shape index (κ3) is 1.50. The van der Waals surface area contributed by atoms with Crippen molar-refractivity contribution in [3.05, 3.63) is 0 Å². The average Bonchev–Trinajstić information content (AvgIpc) is 2.33. The van der Waals surface area contributed by atoms with Gasteiger partial charge in [-0.15, -0.1) is 0 Å². The van der Waals surface area contributed by atoms with E-state index in [2.05, 4.69) is 13.8 Å². The summed E-state index contributed by atoms with van der Waals surface area (Å²) in [6, 6.07) is 0. The van der Waals surface area contributed by atoms with Crippen molar-refractivity contribution in [3.8, 4) is 0 Å². The van der Waals surface area contributed by atoms with Gasteiger partial charge in [-0.1, -0.05) is 0 Å². The molecule has 2 heteroatoms. The summed E-state index contributed by atoms with van der Waals surface area (Å²) in [5.41, 5.74) is 0. The molecule has 1 saturated heterocycles. The number of hydrogen-bond acceptors (Lipinski definition) is 2. The van der Waals surface area contributed by atoms with Crippen LogP contribution in [0.2, 0.25) is 0 Å². The largest absolute Gasteiger partial charge is 0.347 e. The third-order valence-corrected chi connectivity index (χ3v) is 2.86. The third-order valence-electron chi connectivity index (χ3n) is 2.86. The van der Waals surface area contributed by atoms with Crippen molar-refractivity contribution in [3.63, 3.8) is 0 Å². The van der Waals surface area contributed by atoms with Gasteiger partial charge in [0.05, 0.1) is 12.2 Å². The Kier molecular flexibility index (Phi) is 2.13. The first-order chi connectivity index (χ1) is 5.70. The molecule has 2 aliphatic rings. The molecule has 0 aromatic carbocycles. The molecule has 2 atom stereocenters. The first kappa shape index (κ1) is 8.52. The molecule has 1 aliphatic heterocycles. The van der Waals surface area contributed by atoms with E-state index in [1.165, 1.54) is 12.8 Å². The number of rotatable bonds is 0. The Morgan fingerprint density at radius 3 is 2.00 bits per heavy atom. The van der Waals surface area contributed by atoms with E-state index >= 15 is 0 Å². The molecule has 0 N–H and O–H groups in total. The van der Waals surface area contributed by atoms with Gasteiger partial charge in [-0.05, 0) is 33.1 Å². The van der Waals surface area contributed by atoms with Crippen molar-refractivity contribution in [2.24, 2.45) is 0 Å². The number of hydrogen-bond donors (Lipinski definition) is 0. The first-order valence-corrected chi connectivity index (χ1v) is 5.06. The van der Waals surface area contributed by atoms with Crippen LogP contribution >= 0.6 is 0 Å². The summed E-state index contributed by atoms with van der Waals surface area (Å²) in [6.07, 6.45) is 6.53. The zero-order valence-corrected chi connectivity index (χ0v) is 8.01. The summed E-state index contributed by atoms with van der Waals surface area (Å²) >= 11 is 0. The first-order valence-electron chi connectivity index (χ1n) is 5.06. The maximum absolute atomic E-state index is 5.88. The molecule has 0 bridgehead atoms.